The first kappa shape index (κ1) is 13.9. The molecule has 2 unspecified atom stereocenters. The number of aliphatic hydroxyl groups is 1. The molecule has 0 spiro atoms. The van der Waals surface area contributed by atoms with Gasteiger partial charge in [-0.25, -0.2) is 4.79 Å². The van der Waals surface area contributed by atoms with Gasteiger partial charge < -0.3 is 20.8 Å². The van der Waals surface area contributed by atoms with Crippen LogP contribution in [0.2, 0.25) is 0 Å². The molecule has 0 aromatic carbocycles. The number of carbonyl (C=O) groups is 2. The first-order chi connectivity index (χ1) is 7.95. The van der Waals surface area contributed by atoms with Gasteiger partial charge >= 0.3 is 5.97 Å². The lowest BCUT2D eigenvalue weighted by Crippen LogP contribution is -2.40. The minimum Gasteiger partial charge on any atom is -0.480 e. The van der Waals surface area contributed by atoms with E-state index in [1.54, 1.807) is 0 Å². The summed E-state index contributed by atoms with van der Waals surface area (Å²) in [6.45, 7) is 2.58. The Kier molecular flexibility index (Phi) is 4.89. The van der Waals surface area contributed by atoms with Crippen LogP contribution < -0.4 is 5.73 Å². The number of amides is 1. The van der Waals surface area contributed by atoms with Gasteiger partial charge in [-0.15, -0.1) is 0 Å². The predicted octanol–water partition coefficient (Wildman–Crippen LogP) is -0.592. The van der Waals surface area contributed by atoms with Crippen LogP contribution in [0.5, 0.6) is 0 Å². The molecular weight excluding hydrogens is 224 g/mol. The molecular formula is C11H20N2O4. The highest BCUT2D eigenvalue weighted by atomic mass is 16.4. The molecule has 1 rings (SSSR count). The Balaban J connectivity index is 2.52. The van der Waals surface area contributed by atoms with Crippen LogP contribution in [-0.2, 0) is 9.59 Å². The first-order valence-corrected chi connectivity index (χ1v) is 5.86. The Bertz CT molecular complexity index is 295. The standard InChI is InChI=1S/C11H20N2O4/c1-7(5-12)2-3-10(15)13-6-8(14)4-9(13)11(16)17/h7-9,14H,2-6,12H2,1H3,(H,16,17)/t7?,8?,9-/m0/s1. The van der Waals surface area contributed by atoms with E-state index in [0.717, 1.165) is 0 Å². The average Bonchev–Trinajstić information content (AvgIpc) is 2.67. The SMILES string of the molecule is CC(CN)CCC(=O)N1CC(O)C[C@H]1C(=O)O. The molecule has 98 valence electrons. The van der Waals surface area contributed by atoms with Crippen LogP contribution >= 0.6 is 0 Å². The number of carbonyl (C=O) groups excluding carboxylic acids is 1. The summed E-state index contributed by atoms with van der Waals surface area (Å²) in [4.78, 5) is 24.0. The minimum absolute atomic E-state index is 0.118. The topological polar surface area (TPSA) is 104 Å². The maximum absolute atomic E-state index is 11.8. The van der Waals surface area contributed by atoms with Crippen LogP contribution in [0.4, 0.5) is 0 Å². The number of β-amino-alcohol motifs (C(OH)–C–C–N with tert-alkyl or cyclic N) is 1. The molecule has 17 heavy (non-hydrogen) atoms. The van der Waals surface area contributed by atoms with Crippen molar-refractivity contribution in [2.75, 3.05) is 13.1 Å². The molecule has 1 saturated heterocycles. The van der Waals surface area contributed by atoms with Crippen LogP contribution in [0.1, 0.15) is 26.2 Å². The molecule has 1 heterocycles. The van der Waals surface area contributed by atoms with Crippen LogP contribution in [0.25, 0.3) is 0 Å². The van der Waals surface area contributed by atoms with E-state index >= 15 is 0 Å². The normalized spacial score (nSPS) is 25.9. The number of carboxylic acids is 1. The monoisotopic (exact) mass is 244 g/mol. The second-order valence-electron chi connectivity index (χ2n) is 4.67. The van der Waals surface area contributed by atoms with E-state index < -0.39 is 18.1 Å². The predicted molar refractivity (Wildman–Crippen MR) is 61.2 cm³/mol. The van der Waals surface area contributed by atoms with E-state index in [2.05, 4.69) is 0 Å². The second-order valence-corrected chi connectivity index (χ2v) is 4.67. The maximum atomic E-state index is 11.8. The summed E-state index contributed by atoms with van der Waals surface area (Å²) in [5.41, 5.74) is 5.45. The van der Waals surface area contributed by atoms with Gasteiger partial charge in [0.05, 0.1) is 6.10 Å². The Morgan fingerprint density at radius 2 is 2.18 bits per heavy atom. The third-order valence-corrected chi connectivity index (χ3v) is 3.14. The number of aliphatic carboxylic acids is 1. The van der Waals surface area contributed by atoms with Crippen molar-refractivity contribution in [3.05, 3.63) is 0 Å². The number of nitrogens with two attached hydrogens (primary N) is 1. The number of aliphatic hydroxyl groups excluding tert-OH is 1. The van der Waals surface area contributed by atoms with Crippen LogP contribution in [0.15, 0.2) is 0 Å². The van der Waals surface area contributed by atoms with Crippen molar-refractivity contribution in [1.82, 2.24) is 4.90 Å². The van der Waals surface area contributed by atoms with Gasteiger partial charge in [-0.2, -0.15) is 0 Å². The molecule has 1 fully saturated rings. The van der Waals surface area contributed by atoms with Gasteiger partial charge in [0.25, 0.3) is 0 Å². The third-order valence-electron chi connectivity index (χ3n) is 3.14. The van der Waals surface area contributed by atoms with E-state index in [1.807, 2.05) is 6.92 Å². The molecule has 1 amide bonds. The lowest BCUT2D eigenvalue weighted by Gasteiger charge is -2.21. The van der Waals surface area contributed by atoms with Crippen LogP contribution in [0, 0.1) is 5.92 Å². The average molecular weight is 244 g/mol. The molecule has 0 saturated carbocycles. The Labute approximate surface area is 100 Å². The summed E-state index contributed by atoms with van der Waals surface area (Å²) in [6, 6.07) is -0.884. The Morgan fingerprint density at radius 1 is 1.53 bits per heavy atom. The van der Waals surface area contributed by atoms with Gasteiger partial charge in [0, 0.05) is 19.4 Å². The Morgan fingerprint density at radius 3 is 2.71 bits per heavy atom. The highest BCUT2D eigenvalue weighted by molar-refractivity contribution is 5.84. The summed E-state index contributed by atoms with van der Waals surface area (Å²) in [5.74, 6) is -1.02. The smallest absolute Gasteiger partial charge is 0.326 e. The highest BCUT2D eigenvalue weighted by Crippen LogP contribution is 2.20. The number of nitrogens with zero attached hydrogens (tertiary/aromatic N) is 1. The van der Waals surface area contributed by atoms with Crippen molar-refractivity contribution in [3.63, 3.8) is 0 Å². The zero-order chi connectivity index (χ0) is 13.0. The molecule has 0 aromatic rings. The van der Waals surface area contributed by atoms with Gasteiger partial charge in [-0.1, -0.05) is 6.92 Å². The molecule has 1 aliphatic rings. The quantitative estimate of drug-likeness (QED) is 0.599. The molecule has 6 heteroatoms. The van der Waals surface area contributed by atoms with Crippen molar-refractivity contribution in [3.8, 4) is 0 Å². The van der Waals surface area contributed by atoms with Gasteiger partial charge in [-0.05, 0) is 18.9 Å². The van der Waals surface area contributed by atoms with E-state index in [0.29, 0.717) is 13.0 Å². The third kappa shape index (κ3) is 3.67. The van der Waals surface area contributed by atoms with Gasteiger partial charge in [0.2, 0.25) is 5.91 Å². The lowest BCUT2D eigenvalue weighted by atomic mass is 10.1. The molecule has 0 radical (unpaired) electrons. The number of rotatable bonds is 5. The molecule has 4 N–H and O–H groups in total. The van der Waals surface area contributed by atoms with E-state index in [1.165, 1.54) is 4.90 Å². The fourth-order valence-electron chi connectivity index (χ4n) is 1.95. The number of likely N-dealkylation sites (tertiary alicyclic amines) is 1. The maximum Gasteiger partial charge on any atom is 0.326 e. The highest BCUT2D eigenvalue weighted by Gasteiger charge is 2.38. The van der Waals surface area contributed by atoms with E-state index in [-0.39, 0.29) is 31.2 Å². The van der Waals surface area contributed by atoms with Crippen molar-refractivity contribution < 1.29 is 19.8 Å². The first-order valence-electron chi connectivity index (χ1n) is 5.86. The summed E-state index contributed by atoms with van der Waals surface area (Å²) in [6.07, 6.45) is 0.323. The van der Waals surface area contributed by atoms with E-state index in [9.17, 15) is 14.7 Å². The summed E-state index contributed by atoms with van der Waals surface area (Å²) < 4.78 is 0. The summed E-state index contributed by atoms with van der Waals surface area (Å²) in [5, 5.41) is 18.4. The van der Waals surface area contributed by atoms with Crippen LogP contribution in [-0.4, -0.2) is 52.2 Å². The summed E-state index contributed by atoms with van der Waals surface area (Å²) >= 11 is 0. The zero-order valence-corrected chi connectivity index (χ0v) is 10.0. The molecule has 0 bridgehead atoms. The molecule has 0 aliphatic carbocycles. The molecule has 3 atom stereocenters. The fourth-order valence-corrected chi connectivity index (χ4v) is 1.95. The second kappa shape index (κ2) is 5.97. The van der Waals surface area contributed by atoms with Gasteiger partial charge in [0.1, 0.15) is 6.04 Å². The number of hydrogen-bond acceptors (Lipinski definition) is 4. The van der Waals surface area contributed by atoms with Gasteiger partial charge in [-0.3, -0.25) is 4.79 Å². The largest absolute Gasteiger partial charge is 0.480 e. The molecule has 6 nitrogen and oxygen atoms in total. The van der Waals surface area contributed by atoms with E-state index in [4.69, 9.17) is 10.8 Å². The lowest BCUT2D eigenvalue weighted by molar-refractivity contribution is -0.148. The minimum atomic E-state index is -1.05. The van der Waals surface area contributed by atoms with Crippen molar-refractivity contribution >= 4 is 11.9 Å². The number of hydrogen-bond donors (Lipinski definition) is 3. The molecule has 0 aromatic heterocycles. The van der Waals surface area contributed by atoms with Crippen molar-refractivity contribution in [1.29, 1.82) is 0 Å². The zero-order valence-electron chi connectivity index (χ0n) is 10.0. The number of carboxylic acid groups (broad SMARTS) is 1. The Hall–Kier alpha value is -1.14. The van der Waals surface area contributed by atoms with Gasteiger partial charge in [0.15, 0.2) is 0 Å². The van der Waals surface area contributed by atoms with Crippen molar-refractivity contribution in [2.24, 2.45) is 11.7 Å². The molecule has 1 aliphatic heterocycles. The van der Waals surface area contributed by atoms with Crippen molar-refractivity contribution in [2.45, 2.75) is 38.3 Å². The van der Waals surface area contributed by atoms with Crippen LogP contribution in [0.3, 0.4) is 0 Å². The summed E-state index contributed by atoms with van der Waals surface area (Å²) in [7, 11) is 0. The fraction of sp³-hybridized carbons (Fsp3) is 0.818.